The van der Waals surface area contributed by atoms with Gasteiger partial charge in [0.25, 0.3) is 0 Å². The van der Waals surface area contributed by atoms with Gasteiger partial charge in [-0.25, -0.2) is 9.78 Å². The number of hydrogen-bond acceptors (Lipinski definition) is 7. The third kappa shape index (κ3) is 3.88. The molecule has 4 aromatic rings. The fourth-order valence-electron chi connectivity index (χ4n) is 2.70. The van der Waals surface area contributed by atoms with Crippen molar-refractivity contribution in [3.8, 4) is 10.6 Å². The summed E-state index contributed by atoms with van der Waals surface area (Å²) in [5, 5.41) is 12.5. The molecule has 2 aromatic carbocycles. The highest BCUT2D eigenvalue weighted by Crippen LogP contribution is 2.38. The van der Waals surface area contributed by atoms with Crippen LogP contribution in [0.2, 0.25) is 0 Å². The highest BCUT2D eigenvalue weighted by atomic mass is 32.1. The number of carbonyl (C=O) groups excluding carboxylic acids is 1. The van der Waals surface area contributed by atoms with Crippen molar-refractivity contribution in [2.75, 3.05) is 17.9 Å². The number of thiazole rings is 1. The number of aromatic nitrogens is 1. The standard InChI is InChI=1S/C20H16N4O2S2/c1-26-20(25)23-18-17(16-10-5-11-27-16)22-19(28-18)24-21-12-14-8-4-7-13-6-2-3-9-15(13)14/h2-12H,1H3,(H,22,24)(H,23,25)/b21-12-. The summed E-state index contributed by atoms with van der Waals surface area (Å²) in [5.41, 5.74) is 4.66. The third-order valence-electron chi connectivity index (χ3n) is 3.97. The molecule has 2 aromatic heterocycles. The van der Waals surface area contributed by atoms with Gasteiger partial charge in [-0.3, -0.25) is 10.7 Å². The number of hydrazone groups is 1. The largest absolute Gasteiger partial charge is 0.453 e. The number of carbonyl (C=O) groups is 1. The monoisotopic (exact) mass is 408 g/mol. The van der Waals surface area contributed by atoms with Crippen molar-refractivity contribution in [3.63, 3.8) is 0 Å². The number of thiophene rings is 1. The molecule has 140 valence electrons. The zero-order valence-electron chi connectivity index (χ0n) is 14.9. The molecule has 0 unspecified atom stereocenters. The molecule has 8 heteroatoms. The second-order valence-corrected chi connectivity index (χ2v) is 7.68. The van der Waals surface area contributed by atoms with Crippen LogP contribution in [0.25, 0.3) is 21.3 Å². The number of nitrogens with zero attached hydrogens (tertiary/aromatic N) is 2. The molecule has 2 N–H and O–H groups in total. The van der Waals surface area contributed by atoms with Crippen molar-refractivity contribution in [1.29, 1.82) is 0 Å². The number of fused-ring (bicyclic) bond motifs is 1. The Morgan fingerprint density at radius 1 is 1.14 bits per heavy atom. The number of rotatable bonds is 5. The van der Waals surface area contributed by atoms with Crippen LogP contribution in [0.3, 0.4) is 0 Å². The summed E-state index contributed by atoms with van der Waals surface area (Å²) in [7, 11) is 1.33. The zero-order valence-corrected chi connectivity index (χ0v) is 16.5. The van der Waals surface area contributed by atoms with Crippen molar-refractivity contribution in [2.24, 2.45) is 5.10 Å². The maximum absolute atomic E-state index is 11.6. The van der Waals surface area contributed by atoms with E-state index in [1.807, 2.05) is 41.8 Å². The van der Waals surface area contributed by atoms with Crippen molar-refractivity contribution >= 4 is 55.9 Å². The van der Waals surface area contributed by atoms with Gasteiger partial charge in [-0.15, -0.1) is 11.3 Å². The molecule has 0 saturated heterocycles. The second kappa shape index (κ2) is 8.20. The predicted octanol–water partition coefficient (Wildman–Crippen LogP) is 5.65. The molecule has 0 aliphatic heterocycles. The van der Waals surface area contributed by atoms with Crippen molar-refractivity contribution < 1.29 is 9.53 Å². The molecule has 0 spiro atoms. The lowest BCUT2D eigenvalue weighted by Gasteiger charge is -2.01. The number of anilines is 2. The highest BCUT2D eigenvalue weighted by Gasteiger charge is 2.16. The van der Waals surface area contributed by atoms with Gasteiger partial charge in [0.2, 0.25) is 5.13 Å². The van der Waals surface area contributed by atoms with Crippen molar-refractivity contribution in [2.45, 2.75) is 0 Å². The van der Waals surface area contributed by atoms with Crippen LogP contribution in [0, 0.1) is 0 Å². The van der Waals surface area contributed by atoms with Crippen LogP contribution < -0.4 is 10.7 Å². The van der Waals surface area contributed by atoms with Crippen LogP contribution in [-0.4, -0.2) is 24.4 Å². The number of methoxy groups -OCH3 is 1. The molecule has 28 heavy (non-hydrogen) atoms. The zero-order chi connectivity index (χ0) is 19.3. The van der Waals surface area contributed by atoms with E-state index in [-0.39, 0.29) is 0 Å². The van der Waals surface area contributed by atoms with Gasteiger partial charge >= 0.3 is 6.09 Å². The Kier molecular flexibility index (Phi) is 5.31. The number of amides is 1. The van der Waals surface area contributed by atoms with Crippen molar-refractivity contribution in [3.05, 3.63) is 65.5 Å². The molecule has 0 bridgehead atoms. The van der Waals surface area contributed by atoms with Crippen LogP contribution in [-0.2, 0) is 4.74 Å². The minimum Gasteiger partial charge on any atom is -0.453 e. The molecule has 0 aliphatic rings. The maximum atomic E-state index is 11.6. The Hall–Kier alpha value is -3.23. The maximum Gasteiger partial charge on any atom is 0.412 e. The van der Waals surface area contributed by atoms with Gasteiger partial charge < -0.3 is 4.74 Å². The molecular formula is C20H16N4O2S2. The average molecular weight is 409 g/mol. The smallest absolute Gasteiger partial charge is 0.412 e. The number of benzene rings is 2. The number of ether oxygens (including phenoxy) is 1. The van der Waals surface area contributed by atoms with Crippen LogP contribution >= 0.6 is 22.7 Å². The van der Waals surface area contributed by atoms with Crippen LogP contribution in [0.5, 0.6) is 0 Å². The van der Waals surface area contributed by atoms with E-state index in [0.717, 1.165) is 21.2 Å². The van der Waals surface area contributed by atoms with Crippen LogP contribution in [0.1, 0.15) is 5.56 Å². The summed E-state index contributed by atoms with van der Waals surface area (Å²) in [4.78, 5) is 17.2. The second-order valence-electron chi connectivity index (χ2n) is 5.73. The van der Waals surface area contributed by atoms with Crippen molar-refractivity contribution in [1.82, 2.24) is 4.98 Å². The molecule has 6 nitrogen and oxygen atoms in total. The average Bonchev–Trinajstić information content (AvgIpc) is 3.38. The minimum absolute atomic E-state index is 0.535. The Bertz CT molecular complexity index is 1130. The normalized spacial score (nSPS) is 11.0. The fourth-order valence-corrected chi connectivity index (χ4v) is 4.30. The first kappa shape index (κ1) is 18.1. The van der Waals surface area contributed by atoms with E-state index in [9.17, 15) is 4.79 Å². The topological polar surface area (TPSA) is 75.6 Å². The molecule has 1 amide bonds. The van der Waals surface area contributed by atoms with Gasteiger partial charge in [-0.1, -0.05) is 59.9 Å². The van der Waals surface area contributed by atoms with Gasteiger partial charge in [-0.2, -0.15) is 5.10 Å². The predicted molar refractivity (Wildman–Crippen MR) is 117 cm³/mol. The molecule has 0 fully saturated rings. The van der Waals surface area contributed by atoms with E-state index >= 15 is 0 Å². The molecule has 0 saturated carbocycles. The molecular weight excluding hydrogens is 392 g/mol. The molecule has 4 rings (SSSR count). The van der Waals surface area contributed by atoms with Gasteiger partial charge in [0.1, 0.15) is 10.7 Å². The summed E-state index contributed by atoms with van der Waals surface area (Å²) < 4.78 is 4.70. The van der Waals surface area contributed by atoms with E-state index in [0.29, 0.717) is 15.8 Å². The summed E-state index contributed by atoms with van der Waals surface area (Å²) in [6, 6.07) is 18.1. The SMILES string of the molecule is COC(=O)Nc1sc(N/N=C\c2cccc3ccccc23)nc1-c1cccs1. The summed E-state index contributed by atoms with van der Waals surface area (Å²) >= 11 is 2.85. The van der Waals surface area contributed by atoms with E-state index in [1.165, 1.54) is 18.4 Å². The summed E-state index contributed by atoms with van der Waals surface area (Å²) in [6.45, 7) is 0. The lowest BCUT2D eigenvalue weighted by Crippen LogP contribution is -2.10. The Labute approximate surface area is 169 Å². The van der Waals surface area contributed by atoms with Gasteiger partial charge in [-0.05, 0) is 22.2 Å². The Morgan fingerprint density at radius 2 is 2.00 bits per heavy atom. The molecule has 0 aliphatic carbocycles. The first-order valence-corrected chi connectivity index (χ1v) is 10.1. The van der Waals surface area contributed by atoms with E-state index in [1.54, 1.807) is 17.6 Å². The minimum atomic E-state index is -0.535. The van der Waals surface area contributed by atoms with E-state index in [4.69, 9.17) is 4.74 Å². The van der Waals surface area contributed by atoms with Crippen LogP contribution in [0.15, 0.2) is 65.1 Å². The number of hydrogen-bond donors (Lipinski definition) is 2. The van der Waals surface area contributed by atoms with Gasteiger partial charge in [0, 0.05) is 5.56 Å². The first-order chi connectivity index (χ1) is 13.7. The third-order valence-corrected chi connectivity index (χ3v) is 5.72. The molecule has 2 heterocycles. The Balaban J connectivity index is 1.58. The Morgan fingerprint density at radius 3 is 2.82 bits per heavy atom. The quantitative estimate of drug-likeness (QED) is 0.330. The van der Waals surface area contributed by atoms with Crippen LogP contribution in [0.4, 0.5) is 14.9 Å². The summed E-state index contributed by atoms with van der Waals surface area (Å²) in [5.74, 6) is 0. The number of nitrogens with one attached hydrogen (secondary N) is 2. The molecule has 0 atom stereocenters. The molecule has 0 radical (unpaired) electrons. The lowest BCUT2D eigenvalue weighted by molar-refractivity contribution is 0.187. The van der Waals surface area contributed by atoms with Gasteiger partial charge in [0.05, 0.1) is 18.2 Å². The van der Waals surface area contributed by atoms with E-state index in [2.05, 4.69) is 39.0 Å². The fraction of sp³-hybridized carbons (Fsp3) is 0.0500. The lowest BCUT2D eigenvalue weighted by atomic mass is 10.1. The first-order valence-electron chi connectivity index (χ1n) is 8.41. The van der Waals surface area contributed by atoms with E-state index < -0.39 is 6.09 Å². The highest BCUT2D eigenvalue weighted by molar-refractivity contribution is 7.21. The summed E-state index contributed by atoms with van der Waals surface area (Å²) in [6.07, 6.45) is 1.23. The van der Waals surface area contributed by atoms with Gasteiger partial charge in [0.15, 0.2) is 0 Å².